The lowest BCUT2D eigenvalue weighted by molar-refractivity contribution is -0.140. The van der Waals surface area contributed by atoms with E-state index in [0.29, 0.717) is 19.4 Å². The standard InChI is InChI=1S/C22H27N5O5S/c1-14-5-7-18(8-6-14)33(31,32)24-22(30)27-13-17-10-19(27)21(29)26(17)12-15(2)20(28)25-9-3-4-16(25)11-23/h5-8,15-17,19H,3-4,9-10,12-13H2,1-2H3,(H,24,30)/t15-,16-,17-,19-/m0/s1. The van der Waals surface area contributed by atoms with Crippen LogP contribution in [-0.2, 0) is 19.6 Å². The number of likely N-dealkylation sites (tertiary alicyclic amines) is 3. The minimum atomic E-state index is -4.05. The Morgan fingerprint density at radius 3 is 2.58 bits per heavy atom. The van der Waals surface area contributed by atoms with Crippen LogP contribution in [0.3, 0.4) is 0 Å². The molecule has 0 radical (unpaired) electrons. The van der Waals surface area contributed by atoms with Gasteiger partial charge in [0.25, 0.3) is 10.0 Å². The summed E-state index contributed by atoms with van der Waals surface area (Å²) < 4.78 is 27.1. The Labute approximate surface area is 193 Å². The van der Waals surface area contributed by atoms with Crippen LogP contribution in [0, 0.1) is 24.2 Å². The first-order chi connectivity index (χ1) is 15.6. The molecule has 3 saturated heterocycles. The molecule has 1 aromatic carbocycles. The highest BCUT2D eigenvalue weighted by Crippen LogP contribution is 2.33. The molecule has 10 nitrogen and oxygen atoms in total. The van der Waals surface area contributed by atoms with Crippen molar-refractivity contribution in [3.8, 4) is 6.07 Å². The summed E-state index contributed by atoms with van der Waals surface area (Å²) in [5, 5.41) is 9.23. The molecule has 4 atom stereocenters. The first-order valence-electron chi connectivity index (χ1n) is 11.0. The Morgan fingerprint density at radius 2 is 1.94 bits per heavy atom. The van der Waals surface area contributed by atoms with Gasteiger partial charge in [0.2, 0.25) is 11.8 Å². The number of sulfonamides is 1. The van der Waals surface area contributed by atoms with E-state index in [1.807, 2.05) is 6.92 Å². The van der Waals surface area contributed by atoms with Gasteiger partial charge in [0.05, 0.1) is 22.9 Å². The van der Waals surface area contributed by atoms with Crippen molar-refractivity contribution in [3.05, 3.63) is 29.8 Å². The minimum Gasteiger partial charge on any atom is -0.335 e. The number of carbonyl (C=O) groups excluding carboxylic acids is 3. The number of piperazine rings is 1. The van der Waals surface area contributed by atoms with Gasteiger partial charge in [-0.05, 0) is 38.3 Å². The lowest BCUT2D eigenvalue weighted by Crippen LogP contribution is -2.56. The smallest absolute Gasteiger partial charge is 0.332 e. The number of carbonyl (C=O) groups is 3. The molecule has 33 heavy (non-hydrogen) atoms. The lowest BCUT2D eigenvalue weighted by atomic mass is 10.1. The number of nitriles is 1. The third-order valence-corrected chi connectivity index (χ3v) is 8.01. The highest BCUT2D eigenvalue weighted by Gasteiger charge is 2.52. The van der Waals surface area contributed by atoms with Crippen molar-refractivity contribution in [2.24, 2.45) is 5.92 Å². The Balaban J connectivity index is 1.37. The molecule has 3 aliphatic heterocycles. The largest absolute Gasteiger partial charge is 0.335 e. The van der Waals surface area contributed by atoms with Gasteiger partial charge in [-0.1, -0.05) is 24.6 Å². The number of urea groups is 1. The van der Waals surface area contributed by atoms with Crippen LogP contribution in [0.25, 0.3) is 0 Å². The van der Waals surface area contributed by atoms with Gasteiger partial charge in [-0.15, -0.1) is 0 Å². The number of rotatable bonds is 5. The van der Waals surface area contributed by atoms with E-state index < -0.39 is 34.1 Å². The zero-order valence-corrected chi connectivity index (χ0v) is 19.4. The number of fused-ring (bicyclic) bond motifs is 2. The van der Waals surface area contributed by atoms with Gasteiger partial charge in [-0.2, -0.15) is 5.26 Å². The fraction of sp³-hybridized carbons (Fsp3) is 0.545. The molecule has 4 rings (SSSR count). The summed E-state index contributed by atoms with van der Waals surface area (Å²) in [7, 11) is -4.05. The van der Waals surface area contributed by atoms with E-state index in [1.54, 1.807) is 28.9 Å². The summed E-state index contributed by atoms with van der Waals surface area (Å²) in [5.41, 5.74) is 0.892. The molecule has 3 aliphatic rings. The highest BCUT2D eigenvalue weighted by atomic mass is 32.2. The van der Waals surface area contributed by atoms with E-state index in [0.717, 1.165) is 12.0 Å². The second kappa shape index (κ2) is 8.67. The van der Waals surface area contributed by atoms with Crippen molar-refractivity contribution >= 4 is 27.9 Å². The molecular weight excluding hydrogens is 446 g/mol. The van der Waals surface area contributed by atoms with E-state index in [9.17, 15) is 28.1 Å². The summed E-state index contributed by atoms with van der Waals surface area (Å²) in [6, 6.07) is 6.02. The van der Waals surface area contributed by atoms with Crippen LogP contribution < -0.4 is 4.72 Å². The molecule has 3 fully saturated rings. The van der Waals surface area contributed by atoms with E-state index in [2.05, 4.69) is 10.8 Å². The topological polar surface area (TPSA) is 131 Å². The highest BCUT2D eigenvalue weighted by molar-refractivity contribution is 7.90. The molecule has 1 N–H and O–H groups in total. The van der Waals surface area contributed by atoms with E-state index >= 15 is 0 Å². The summed E-state index contributed by atoms with van der Waals surface area (Å²) in [6.45, 7) is 4.54. The summed E-state index contributed by atoms with van der Waals surface area (Å²) >= 11 is 0. The van der Waals surface area contributed by atoms with Gasteiger partial charge in [0.1, 0.15) is 12.1 Å². The van der Waals surface area contributed by atoms with Gasteiger partial charge in [0.15, 0.2) is 0 Å². The Morgan fingerprint density at radius 1 is 1.24 bits per heavy atom. The van der Waals surface area contributed by atoms with Gasteiger partial charge in [-0.3, -0.25) is 9.59 Å². The number of aryl methyl sites for hydroxylation is 1. The first-order valence-corrected chi connectivity index (χ1v) is 12.5. The molecule has 3 heterocycles. The second-order valence-corrected chi connectivity index (χ2v) is 10.7. The molecular formula is C22H27N5O5S. The number of nitrogens with zero attached hydrogens (tertiary/aromatic N) is 4. The van der Waals surface area contributed by atoms with Crippen molar-refractivity contribution in [1.29, 1.82) is 5.26 Å². The van der Waals surface area contributed by atoms with Crippen molar-refractivity contribution in [2.75, 3.05) is 19.6 Å². The Kier molecular flexibility index (Phi) is 6.05. The van der Waals surface area contributed by atoms with Gasteiger partial charge in [0, 0.05) is 19.6 Å². The molecule has 0 aromatic heterocycles. The van der Waals surface area contributed by atoms with Gasteiger partial charge >= 0.3 is 6.03 Å². The fourth-order valence-corrected chi connectivity index (χ4v) is 5.84. The predicted octanol–water partition coefficient (Wildman–Crippen LogP) is 0.829. The first kappa shape index (κ1) is 23.0. The second-order valence-electron chi connectivity index (χ2n) is 8.99. The third kappa shape index (κ3) is 4.27. The van der Waals surface area contributed by atoms with Crippen LogP contribution in [-0.4, -0.2) is 78.7 Å². The zero-order chi connectivity index (χ0) is 23.9. The zero-order valence-electron chi connectivity index (χ0n) is 18.6. The monoisotopic (exact) mass is 473 g/mol. The van der Waals surface area contributed by atoms with Crippen molar-refractivity contribution < 1.29 is 22.8 Å². The fourth-order valence-electron chi connectivity index (χ4n) is 4.88. The predicted molar refractivity (Wildman–Crippen MR) is 117 cm³/mol. The molecule has 0 spiro atoms. The van der Waals surface area contributed by atoms with Crippen LogP contribution in [0.15, 0.2) is 29.2 Å². The minimum absolute atomic E-state index is 0.0244. The van der Waals surface area contributed by atoms with Crippen molar-refractivity contribution in [3.63, 3.8) is 0 Å². The van der Waals surface area contributed by atoms with Crippen LogP contribution in [0.5, 0.6) is 0 Å². The molecule has 0 saturated carbocycles. The number of benzene rings is 1. The van der Waals surface area contributed by atoms with Crippen LogP contribution >= 0.6 is 0 Å². The normalized spacial score (nSPS) is 25.3. The molecule has 176 valence electrons. The maximum Gasteiger partial charge on any atom is 0.332 e. The van der Waals surface area contributed by atoms with Crippen molar-refractivity contribution in [1.82, 2.24) is 19.4 Å². The van der Waals surface area contributed by atoms with Crippen LogP contribution in [0.1, 0.15) is 31.7 Å². The summed E-state index contributed by atoms with van der Waals surface area (Å²) in [5.74, 6) is -0.896. The molecule has 11 heteroatoms. The average Bonchev–Trinajstić information content (AvgIpc) is 3.49. The third-order valence-electron chi connectivity index (χ3n) is 6.68. The quantitative estimate of drug-likeness (QED) is 0.674. The molecule has 0 aliphatic carbocycles. The number of hydrogen-bond donors (Lipinski definition) is 1. The molecule has 4 amide bonds. The summed E-state index contributed by atoms with van der Waals surface area (Å²) in [4.78, 5) is 42.8. The van der Waals surface area contributed by atoms with E-state index in [-0.39, 0.29) is 35.8 Å². The summed E-state index contributed by atoms with van der Waals surface area (Å²) in [6.07, 6.45) is 1.86. The van der Waals surface area contributed by atoms with E-state index in [4.69, 9.17) is 0 Å². The Bertz CT molecular complexity index is 1110. The molecule has 0 unspecified atom stereocenters. The molecule has 1 aromatic rings. The lowest BCUT2D eigenvalue weighted by Gasteiger charge is -2.35. The van der Waals surface area contributed by atoms with E-state index in [1.165, 1.54) is 17.0 Å². The van der Waals surface area contributed by atoms with Crippen LogP contribution in [0.2, 0.25) is 0 Å². The van der Waals surface area contributed by atoms with Gasteiger partial charge < -0.3 is 14.7 Å². The maximum absolute atomic E-state index is 12.9. The molecule has 2 bridgehead atoms. The number of amides is 4. The van der Waals surface area contributed by atoms with Crippen LogP contribution in [0.4, 0.5) is 4.79 Å². The maximum atomic E-state index is 12.9. The van der Waals surface area contributed by atoms with Gasteiger partial charge in [-0.25, -0.2) is 17.9 Å². The van der Waals surface area contributed by atoms with Crippen molar-refractivity contribution in [2.45, 2.75) is 56.1 Å². The number of nitrogens with one attached hydrogen (secondary N) is 1. The SMILES string of the molecule is Cc1ccc(S(=O)(=O)NC(=O)N2C[C@@H]3C[C@H]2C(=O)N3C[C@H](C)C(=O)N2CCC[C@H]2C#N)cc1. The Hall–Kier alpha value is -3.13. The number of hydrogen-bond acceptors (Lipinski definition) is 6. The average molecular weight is 474 g/mol.